The van der Waals surface area contributed by atoms with Crippen molar-refractivity contribution >= 4 is 10.9 Å². The first kappa shape index (κ1) is 12.8. The number of likely N-dealkylation sites (N-methyl/N-ethyl adjacent to an activating group) is 1. The predicted molar refractivity (Wildman–Crippen MR) is 81.5 cm³/mol. The van der Waals surface area contributed by atoms with Gasteiger partial charge in [-0.25, -0.2) is 9.97 Å². The number of rotatable bonds is 4. The van der Waals surface area contributed by atoms with Crippen molar-refractivity contribution in [3.63, 3.8) is 0 Å². The summed E-state index contributed by atoms with van der Waals surface area (Å²) < 4.78 is 0. The third-order valence-electron chi connectivity index (χ3n) is 3.57. The Morgan fingerprint density at radius 3 is 2.50 bits per heavy atom. The van der Waals surface area contributed by atoms with Gasteiger partial charge < -0.3 is 5.32 Å². The van der Waals surface area contributed by atoms with Crippen molar-refractivity contribution in [1.29, 1.82) is 0 Å². The summed E-state index contributed by atoms with van der Waals surface area (Å²) >= 11 is 0. The van der Waals surface area contributed by atoms with E-state index in [2.05, 4.69) is 45.6 Å². The van der Waals surface area contributed by atoms with Gasteiger partial charge in [-0.05, 0) is 18.7 Å². The molecule has 3 aromatic rings. The van der Waals surface area contributed by atoms with Crippen molar-refractivity contribution in [3.05, 3.63) is 72.2 Å². The van der Waals surface area contributed by atoms with E-state index in [1.165, 1.54) is 5.56 Å². The van der Waals surface area contributed by atoms with Gasteiger partial charge in [0, 0.05) is 17.8 Å². The molecule has 1 N–H and O–H groups in total. The highest BCUT2D eigenvalue weighted by Gasteiger charge is 2.12. The van der Waals surface area contributed by atoms with Gasteiger partial charge >= 0.3 is 0 Å². The van der Waals surface area contributed by atoms with Gasteiger partial charge in [0.25, 0.3) is 0 Å². The maximum atomic E-state index is 4.47. The summed E-state index contributed by atoms with van der Waals surface area (Å²) in [4.78, 5) is 8.79. The quantitative estimate of drug-likeness (QED) is 0.786. The molecular weight excluding hydrogens is 246 g/mol. The van der Waals surface area contributed by atoms with Crippen LogP contribution in [-0.2, 0) is 6.42 Å². The van der Waals surface area contributed by atoms with Gasteiger partial charge in [-0.1, -0.05) is 48.5 Å². The molecule has 2 aromatic carbocycles. The summed E-state index contributed by atoms with van der Waals surface area (Å²) in [6, 6.07) is 18.9. The van der Waals surface area contributed by atoms with Crippen LogP contribution in [0.1, 0.15) is 17.3 Å². The molecule has 0 radical (unpaired) electrons. The molecule has 1 unspecified atom stereocenters. The van der Waals surface area contributed by atoms with Crippen molar-refractivity contribution in [2.45, 2.75) is 12.5 Å². The van der Waals surface area contributed by atoms with Gasteiger partial charge in [0.05, 0.1) is 11.2 Å². The van der Waals surface area contributed by atoms with Crippen LogP contribution in [0.4, 0.5) is 0 Å². The second-order valence-corrected chi connectivity index (χ2v) is 4.79. The normalized spacial score (nSPS) is 12.4. The van der Waals surface area contributed by atoms with Crippen LogP contribution in [0.15, 0.2) is 60.9 Å². The number of nitrogens with zero attached hydrogens (tertiary/aromatic N) is 2. The van der Waals surface area contributed by atoms with E-state index in [-0.39, 0.29) is 6.04 Å². The minimum Gasteiger partial charge on any atom is -0.313 e. The molecule has 0 amide bonds. The van der Waals surface area contributed by atoms with E-state index in [1.807, 2.05) is 31.3 Å². The Balaban J connectivity index is 1.96. The Morgan fingerprint density at radius 2 is 1.70 bits per heavy atom. The molecule has 1 atom stereocenters. The molecule has 0 aliphatic heterocycles. The lowest BCUT2D eigenvalue weighted by Crippen LogP contribution is -2.19. The van der Waals surface area contributed by atoms with E-state index in [1.54, 1.807) is 6.33 Å². The van der Waals surface area contributed by atoms with Gasteiger partial charge in [-0.2, -0.15) is 0 Å². The van der Waals surface area contributed by atoms with Crippen molar-refractivity contribution in [1.82, 2.24) is 15.3 Å². The molecule has 0 saturated carbocycles. The summed E-state index contributed by atoms with van der Waals surface area (Å²) in [6.45, 7) is 0. The Bertz CT molecular complexity index is 689. The fourth-order valence-electron chi connectivity index (χ4n) is 2.49. The van der Waals surface area contributed by atoms with Crippen LogP contribution in [0.25, 0.3) is 10.9 Å². The lowest BCUT2D eigenvalue weighted by Gasteiger charge is -2.17. The highest BCUT2D eigenvalue weighted by atomic mass is 14.9. The average molecular weight is 263 g/mol. The lowest BCUT2D eigenvalue weighted by molar-refractivity contribution is 0.586. The second kappa shape index (κ2) is 5.80. The zero-order chi connectivity index (χ0) is 13.8. The molecule has 0 bridgehead atoms. The molecule has 0 saturated heterocycles. The summed E-state index contributed by atoms with van der Waals surface area (Å²) in [5, 5.41) is 4.50. The standard InChI is InChI=1S/C17H17N3/c1-18-16(13-7-3-2-4-8-13)11-17-14-9-5-6-10-15(14)19-12-20-17/h2-10,12,16,18H,11H2,1H3. The number of para-hydroxylation sites is 1. The van der Waals surface area contributed by atoms with Gasteiger partial charge in [0.1, 0.15) is 6.33 Å². The van der Waals surface area contributed by atoms with Gasteiger partial charge in [-0.3, -0.25) is 0 Å². The van der Waals surface area contributed by atoms with Crippen LogP contribution >= 0.6 is 0 Å². The molecular formula is C17H17N3. The number of hydrogen-bond donors (Lipinski definition) is 1. The van der Waals surface area contributed by atoms with Crippen molar-refractivity contribution < 1.29 is 0 Å². The third-order valence-corrected chi connectivity index (χ3v) is 3.57. The molecule has 3 nitrogen and oxygen atoms in total. The fourth-order valence-corrected chi connectivity index (χ4v) is 2.49. The molecule has 100 valence electrons. The zero-order valence-electron chi connectivity index (χ0n) is 11.5. The molecule has 3 rings (SSSR count). The summed E-state index contributed by atoms with van der Waals surface area (Å²) in [5.74, 6) is 0. The number of aromatic nitrogens is 2. The van der Waals surface area contributed by atoms with E-state index < -0.39 is 0 Å². The number of benzene rings is 2. The van der Waals surface area contributed by atoms with Crippen LogP contribution < -0.4 is 5.32 Å². The maximum Gasteiger partial charge on any atom is 0.116 e. The van der Waals surface area contributed by atoms with Crippen LogP contribution in [-0.4, -0.2) is 17.0 Å². The smallest absolute Gasteiger partial charge is 0.116 e. The summed E-state index contributed by atoms with van der Waals surface area (Å²) in [6.07, 6.45) is 2.50. The van der Waals surface area contributed by atoms with Gasteiger partial charge in [0.2, 0.25) is 0 Å². The third kappa shape index (κ3) is 2.53. The Labute approximate surface area is 118 Å². The summed E-state index contributed by atoms with van der Waals surface area (Å²) in [7, 11) is 1.99. The Kier molecular flexibility index (Phi) is 3.70. The lowest BCUT2D eigenvalue weighted by atomic mass is 10.00. The second-order valence-electron chi connectivity index (χ2n) is 4.79. The van der Waals surface area contributed by atoms with Crippen LogP contribution in [0.5, 0.6) is 0 Å². The van der Waals surface area contributed by atoms with Crippen LogP contribution in [0.3, 0.4) is 0 Å². The SMILES string of the molecule is CNC(Cc1ncnc2ccccc12)c1ccccc1. The predicted octanol–water partition coefficient (Wildman–Crippen LogP) is 3.13. The molecule has 3 heteroatoms. The van der Waals surface area contributed by atoms with Crippen molar-refractivity contribution in [2.24, 2.45) is 0 Å². The Hall–Kier alpha value is -2.26. The minimum atomic E-state index is 0.259. The van der Waals surface area contributed by atoms with E-state index in [9.17, 15) is 0 Å². The first-order chi connectivity index (χ1) is 9.88. The monoisotopic (exact) mass is 263 g/mol. The average Bonchev–Trinajstić information content (AvgIpc) is 2.53. The van der Waals surface area contributed by atoms with E-state index in [0.29, 0.717) is 0 Å². The maximum absolute atomic E-state index is 4.47. The molecule has 0 spiro atoms. The molecule has 1 aromatic heterocycles. The molecule has 0 aliphatic rings. The number of nitrogens with one attached hydrogen (secondary N) is 1. The highest BCUT2D eigenvalue weighted by Crippen LogP contribution is 2.21. The first-order valence-corrected chi connectivity index (χ1v) is 6.79. The molecule has 20 heavy (non-hydrogen) atoms. The Morgan fingerprint density at radius 1 is 0.950 bits per heavy atom. The molecule has 1 heterocycles. The van der Waals surface area contributed by atoms with E-state index in [4.69, 9.17) is 0 Å². The number of hydrogen-bond acceptors (Lipinski definition) is 3. The topological polar surface area (TPSA) is 37.8 Å². The largest absolute Gasteiger partial charge is 0.313 e. The number of fused-ring (bicyclic) bond motifs is 1. The van der Waals surface area contributed by atoms with E-state index in [0.717, 1.165) is 23.0 Å². The molecule has 0 aliphatic carbocycles. The van der Waals surface area contributed by atoms with Crippen LogP contribution in [0.2, 0.25) is 0 Å². The minimum absolute atomic E-state index is 0.259. The molecule has 0 fully saturated rings. The first-order valence-electron chi connectivity index (χ1n) is 6.79. The van der Waals surface area contributed by atoms with Crippen molar-refractivity contribution in [3.8, 4) is 0 Å². The summed E-state index contributed by atoms with van der Waals surface area (Å²) in [5.41, 5.74) is 3.36. The van der Waals surface area contributed by atoms with Gasteiger partial charge in [-0.15, -0.1) is 0 Å². The fraction of sp³-hybridized carbons (Fsp3) is 0.176. The zero-order valence-corrected chi connectivity index (χ0v) is 11.5. The van der Waals surface area contributed by atoms with Crippen molar-refractivity contribution in [2.75, 3.05) is 7.05 Å². The van der Waals surface area contributed by atoms with Gasteiger partial charge in [0.15, 0.2) is 0 Å². The van der Waals surface area contributed by atoms with E-state index >= 15 is 0 Å². The highest BCUT2D eigenvalue weighted by molar-refractivity contribution is 5.80. The van der Waals surface area contributed by atoms with Crippen LogP contribution in [0, 0.1) is 0 Å².